The van der Waals surface area contributed by atoms with Gasteiger partial charge in [0.2, 0.25) is 11.8 Å². The third-order valence-corrected chi connectivity index (χ3v) is 2.45. The van der Waals surface area contributed by atoms with Crippen molar-refractivity contribution < 1.29 is 9.59 Å². The van der Waals surface area contributed by atoms with Crippen LogP contribution in [0.2, 0.25) is 0 Å². The summed E-state index contributed by atoms with van der Waals surface area (Å²) in [4.78, 5) is 25.8. The van der Waals surface area contributed by atoms with E-state index < -0.39 is 0 Å². The van der Waals surface area contributed by atoms with Crippen LogP contribution in [0.5, 0.6) is 0 Å². The third-order valence-electron chi connectivity index (χ3n) is 2.45. The second-order valence-corrected chi connectivity index (χ2v) is 3.63. The second kappa shape index (κ2) is 5.50. The smallest absolute Gasteiger partial charge is 0.245 e. The van der Waals surface area contributed by atoms with Crippen molar-refractivity contribution in [1.82, 2.24) is 9.80 Å². The maximum absolute atomic E-state index is 11.3. The van der Waals surface area contributed by atoms with Crippen molar-refractivity contribution in [3.63, 3.8) is 0 Å². The molecule has 5 heteroatoms. The van der Waals surface area contributed by atoms with Crippen LogP contribution < -0.4 is 5.73 Å². The highest BCUT2D eigenvalue weighted by molar-refractivity contribution is 5.87. The highest BCUT2D eigenvalue weighted by Crippen LogP contribution is 2.03. The average Bonchev–Trinajstić information content (AvgIpc) is 2.41. The van der Waals surface area contributed by atoms with Gasteiger partial charge < -0.3 is 10.6 Å². The van der Waals surface area contributed by atoms with E-state index in [1.807, 2.05) is 4.90 Å². The summed E-state index contributed by atoms with van der Waals surface area (Å²) in [6.07, 6.45) is 2.19. The van der Waals surface area contributed by atoms with E-state index in [0.29, 0.717) is 13.1 Å². The Labute approximate surface area is 89.5 Å². The predicted molar refractivity (Wildman–Crippen MR) is 57.0 cm³/mol. The number of hydrogen-bond acceptors (Lipinski definition) is 3. The van der Waals surface area contributed by atoms with E-state index in [1.165, 1.54) is 6.08 Å². The van der Waals surface area contributed by atoms with Gasteiger partial charge in [0.25, 0.3) is 0 Å². The number of nitrogens with zero attached hydrogens (tertiary/aromatic N) is 2. The van der Waals surface area contributed by atoms with Gasteiger partial charge >= 0.3 is 0 Å². The zero-order chi connectivity index (χ0) is 11.3. The highest BCUT2D eigenvalue weighted by Gasteiger charge is 2.17. The number of carbonyl (C=O) groups excluding carboxylic acids is 2. The van der Waals surface area contributed by atoms with E-state index in [2.05, 4.69) is 6.58 Å². The fourth-order valence-electron chi connectivity index (χ4n) is 1.70. The fraction of sp³-hybridized carbons (Fsp3) is 0.600. The minimum Gasteiger partial charge on any atom is -0.369 e. The summed E-state index contributed by atoms with van der Waals surface area (Å²) in [5, 5.41) is 0. The topological polar surface area (TPSA) is 66.6 Å². The number of rotatable bonds is 3. The molecule has 0 spiro atoms. The van der Waals surface area contributed by atoms with E-state index in [1.54, 1.807) is 4.90 Å². The molecular formula is C10H17N3O2. The summed E-state index contributed by atoms with van der Waals surface area (Å²) in [5.41, 5.74) is 5.12. The number of hydrogen-bond donors (Lipinski definition) is 1. The zero-order valence-electron chi connectivity index (χ0n) is 8.82. The molecule has 0 atom stereocenters. The Morgan fingerprint density at radius 3 is 2.60 bits per heavy atom. The number of primary amides is 1. The van der Waals surface area contributed by atoms with Crippen LogP contribution in [0.3, 0.4) is 0 Å². The first kappa shape index (κ1) is 11.7. The maximum atomic E-state index is 11.3. The van der Waals surface area contributed by atoms with Gasteiger partial charge in [-0.2, -0.15) is 0 Å². The molecule has 84 valence electrons. The molecule has 0 aromatic heterocycles. The minimum absolute atomic E-state index is 0.0454. The molecule has 5 nitrogen and oxygen atoms in total. The van der Waals surface area contributed by atoms with E-state index >= 15 is 0 Å². The molecule has 0 unspecified atom stereocenters. The van der Waals surface area contributed by atoms with Gasteiger partial charge in [-0.3, -0.25) is 14.5 Å². The van der Waals surface area contributed by atoms with Gasteiger partial charge in [0, 0.05) is 26.2 Å². The summed E-state index contributed by atoms with van der Waals surface area (Å²) >= 11 is 0. The summed E-state index contributed by atoms with van der Waals surface area (Å²) in [7, 11) is 0. The van der Waals surface area contributed by atoms with Crippen LogP contribution in [-0.4, -0.2) is 54.3 Å². The standard InChI is InChI=1S/C10H17N3O2/c1-2-10(15)13-5-3-4-12(6-7-13)8-9(11)14/h2H,1,3-8H2,(H2,11,14). The minimum atomic E-state index is -0.321. The zero-order valence-corrected chi connectivity index (χ0v) is 8.82. The van der Waals surface area contributed by atoms with Crippen molar-refractivity contribution in [1.29, 1.82) is 0 Å². The lowest BCUT2D eigenvalue weighted by molar-refractivity contribution is -0.125. The van der Waals surface area contributed by atoms with Crippen LogP contribution >= 0.6 is 0 Å². The normalized spacial score (nSPS) is 18.3. The molecule has 0 bridgehead atoms. The summed E-state index contributed by atoms with van der Waals surface area (Å²) in [6.45, 7) is 6.59. The SMILES string of the molecule is C=CC(=O)N1CCCN(CC(N)=O)CC1. The van der Waals surface area contributed by atoms with E-state index in [4.69, 9.17) is 5.73 Å². The molecule has 0 aromatic rings. The molecule has 1 aliphatic rings. The maximum Gasteiger partial charge on any atom is 0.245 e. The van der Waals surface area contributed by atoms with E-state index in [9.17, 15) is 9.59 Å². The van der Waals surface area contributed by atoms with Crippen LogP contribution in [0.15, 0.2) is 12.7 Å². The first-order chi connectivity index (χ1) is 7.13. The molecular weight excluding hydrogens is 194 g/mol. The molecule has 1 aliphatic heterocycles. The van der Waals surface area contributed by atoms with E-state index in [0.717, 1.165) is 19.5 Å². The van der Waals surface area contributed by atoms with Crippen molar-refractivity contribution in [2.45, 2.75) is 6.42 Å². The number of amides is 2. The van der Waals surface area contributed by atoms with Crippen LogP contribution in [0, 0.1) is 0 Å². The van der Waals surface area contributed by atoms with Crippen molar-refractivity contribution in [2.24, 2.45) is 5.73 Å². The number of nitrogens with two attached hydrogens (primary N) is 1. The Morgan fingerprint density at radius 2 is 2.00 bits per heavy atom. The molecule has 2 N–H and O–H groups in total. The molecule has 1 fully saturated rings. The monoisotopic (exact) mass is 211 g/mol. The Morgan fingerprint density at radius 1 is 1.27 bits per heavy atom. The van der Waals surface area contributed by atoms with E-state index in [-0.39, 0.29) is 18.4 Å². The van der Waals surface area contributed by atoms with Gasteiger partial charge in [-0.1, -0.05) is 6.58 Å². The van der Waals surface area contributed by atoms with Crippen molar-refractivity contribution in [3.8, 4) is 0 Å². The molecule has 2 amide bonds. The lowest BCUT2D eigenvalue weighted by Gasteiger charge is -2.19. The summed E-state index contributed by atoms with van der Waals surface area (Å²) in [5.74, 6) is -0.366. The first-order valence-electron chi connectivity index (χ1n) is 5.05. The Hall–Kier alpha value is -1.36. The fourth-order valence-corrected chi connectivity index (χ4v) is 1.70. The quantitative estimate of drug-likeness (QED) is 0.621. The van der Waals surface area contributed by atoms with Crippen LogP contribution in [-0.2, 0) is 9.59 Å². The van der Waals surface area contributed by atoms with Crippen LogP contribution in [0.1, 0.15) is 6.42 Å². The lowest BCUT2D eigenvalue weighted by atomic mass is 10.3. The second-order valence-electron chi connectivity index (χ2n) is 3.63. The van der Waals surface area contributed by atoms with Crippen LogP contribution in [0.4, 0.5) is 0 Å². The largest absolute Gasteiger partial charge is 0.369 e. The van der Waals surface area contributed by atoms with Crippen molar-refractivity contribution in [2.75, 3.05) is 32.7 Å². The lowest BCUT2D eigenvalue weighted by Crippen LogP contribution is -2.37. The molecule has 1 heterocycles. The van der Waals surface area contributed by atoms with Crippen molar-refractivity contribution >= 4 is 11.8 Å². The molecule has 0 aromatic carbocycles. The van der Waals surface area contributed by atoms with Crippen LogP contribution in [0.25, 0.3) is 0 Å². The van der Waals surface area contributed by atoms with Gasteiger partial charge in [-0.15, -0.1) is 0 Å². The van der Waals surface area contributed by atoms with Gasteiger partial charge in [0.1, 0.15) is 0 Å². The van der Waals surface area contributed by atoms with Gasteiger partial charge in [-0.05, 0) is 12.5 Å². The summed E-state index contributed by atoms with van der Waals surface area (Å²) in [6, 6.07) is 0. The molecule has 0 aliphatic carbocycles. The van der Waals surface area contributed by atoms with Gasteiger partial charge in [0.05, 0.1) is 6.54 Å². The molecule has 1 saturated heterocycles. The van der Waals surface area contributed by atoms with Gasteiger partial charge in [0.15, 0.2) is 0 Å². The van der Waals surface area contributed by atoms with Gasteiger partial charge in [-0.25, -0.2) is 0 Å². The Kier molecular flexibility index (Phi) is 4.30. The predicted octanol–water partition coefficient (Wildman–Crippen LogP) is -0.808. The highest BCUT2D eigenvalue weighted by atomic mass is 16.2. The molecule has 0 saturated carbocycles. The Bertz CT molecular complexity index is 265. The first-order valence-corrected chi connectivity index (χ1v) is 5.05. The Balaban J connectivity index is 2.44. The third kappa shape index (κ3) is 3.71. The molecule has 15 heavy (non-hydrogen) atoms. The molecule has 0 radical (unpaired) electrons. The summed E-state index contributed by atoms with van der Waals surface area (Å²) < 4.78 is 0. The average molecular weight is 211 g/mol. The molecule has 1 rings (SSSR count). The number of carbonyl (C=O) groups is 2. The van der Waals surface area contributed by atoms with Crippen molar-refractivity contribution in [3.05, 3.63) is 12.7 Å².